The fourth-order valence-corrected chi connectivity index (χ4v) is 1.66. The van der Waals surface area contributed by atoms with E-state index in [1.807, 2.05) is 12.1 Å². The summed E-state index contributed by atoms with van der Waals surface area (Å²) in [6, 6.07) is 10.0. The molecule has 1 saturated heterocycles. The van der Waals surface area contributed by atoms with Gasteiger partial charge in [0.1, 0.15) is 5.78 Å². The number of carbonyl (C=O) groups is 2. The number of Topliss-reactive ketones (excluding diaryl/α,β-unsaturated/α-hetero) is 1. The van der Waals surface area contributed by atoms with E-state index in [0.717, 1.165) is 0 Å². The molecule has 0 bridgehead atoms. The van der Waals surface area contributed by atoms with Crippen LogP contribution < -0.4 is 0 Å². The largest absolute Gasteiger partial charge is 0.338 e. The molecule has 0 aromatic heterocycles. The molecule has 1 aliphatic heterocycles. The van der Waals surface area contributed by atoms with Crippen LogP contribution in [0.25, 0.3) is 0 Å². The Hall–Kier alpha value is -1.64. The summed E-state index contributed by atoms with van der Waals surface area (Å²) in [4.78, 5) is 24.6. The monoisotopic (exact) mass is 202 g/mol. The highest BCUT2D eigenvalue weighted by molar-refractivity contribution is 5.95. The Labute approximate surface area is 88.7 Å². The third-order valence-corrected chi connectivity index (χ3v) is 2.55. The van der Waals surface area contributed by atoms with Gasteiger partial charge in [0, 0.05) is 31.5 Å². The number of hydrogen-bond donors (Lipinski definition) is 0. The minimum atomic E-state index is -0.0249. The van der Waals surface area contributed by atoms with Crippen molar-refractivity contribution in [2.45, 2.75) is 12.8 Å². The molecule has 1 aromatic carbocycles. The lowest BCUT2D eigenvalue weighted by atomic mass is 10.1. The van der Waals surface area contributed by atoms with Crippen LogP contribution >= 0.6 is 0 Å². The fraction of sp³-hybridized carbons (Fsp3) is 0.333. The summed E-state index contributed by atoms with van der Waals surface area (Å²) in [5.41, 5.74) is 0.576. The van der Waals surface area contributed by atoms with Gasteiger partial charge in [-0.05, 0) is 12.1 Å². The molecule has 0 N–H and O–H groups in total. The van der Waals surface area contributed by atoms with Crippen LogP contribution in [0, 0.1) is 6.07 Å². The molecule has 1 fully saturated rings. The SMILES string of the molecule is O=C1CCN(C(=O)c2[c]cccc2)CC1. The molecular weight excluding hydrogens is 190 g/mol. The first-order valence-corrected chi connectivity index (χ1v) is 5.05. The first-order valence-electron chi connectivity index (χ1n) is 5.05. The minimum absolute atomic E-state index is 0.0249. The zero-order chi connectivity index (χ0) is 10.7. The lowest BCUT2D eigenvalue weighted by molar-refractivity contribution is -0.120. The Morgan fingerprint density at radius 2 is 2.00 bits per heavy atom. The number of hydrogen-bond acceptors (Lipinski definition) is 2. The average molecular weight is 202 g/mol. The molecule has 0 spiro atoms. The number of ketones is 1. The Bertz CT molecular complexity index is 362. The molecule has 0 atom stereocenters. The first-order chi connectivity index (χ1) is 7.27. The van der Waals surface area contributed by atoms with Crippen LogP contribution in [0.2, 0.25) is 0 Å². The standard InChI is InChI=1S/C12H12NO2/c14-11-6-8-13(9-7-11)12(15)10-4-2-1-3-5-10/h1-4H,6-9H2. The summed E-state index contributed by atoms with van der Waals surface area (Å²) < 4.78 is 0. The van der Waals surface area contributed by atoms with Gasteiger partial charge in [0.2, 0.25) is 0 Å². The number of rotatable bonds is 1. The highest BCUT2D eigenvalue weighted by Gasteiger charge is 2.21. The Morgan fingerprint density at radius 3 is 2.60 bits per heavy atom. The van der Waals surface area contributed by atoms with Gasteiger partial charge >= 0.3 is 0 Å². The molecule has 1 aromatic rings. The Morgan fingerprint density at radius 1 is 1.27 bits per heavy atom. The molecule has 1 aliphatic rings. The Kier molecular flexibility index (Phi) is 2.81. The highest BCUT2D eigenvalue weighted by atomic mass is 16.2. The Balaban J connectivity index is 2.06. The van der Waals surface area contributed by atoms with E-state index in [1.54, 1.807) is 17.0 Å². The second-order valence-electron chi connectivity index (χ2n) is 3.61. The third-order valence-electron chi connectivity index (χ3n) is 2.55. The minimum Gasteiger partial charge on any atom is -0.338 e. The zero-order valence-corrected chi connectivity index (χ0v) is 8.40. The smallest absolute Gasteiger partial charge is 0.254 e. The van der Waals surface area contributed by atoms with Crippen LogP contribution in [0.5, 0.6) is 0 Å². The van der Waals surface area contributed by atoms with E-state index in [2.05, 4.69) is 6.07 Å². The number of benzene rings is 1. The molecule has 1 heterocycles. The molecule has 0 unspecified atom stereocenters. The highest BCUT2D eigenvalue weighted by Crippen LogP contribution is 2.10. The summed E-state index contributed by atoms with van der Waals surface area (Å²) in [6.45, 7) is 1.08. The van der Waals surface area contributed by atoms with Crippen molar-refractivity contribution < 1.29 is 9.59 Å². The van der Waals surface area contributed by atoms with E-state index in [1.165, 1.54) is 0 Å². The lowest BCUT2D eigenvalue weighted by Crippen LogP contribution is -2.38. The number of amides is 1. The summed E-state index contributed by atoms with van der Waals surface area (Å²) in [5.74, 6) is 0.221. The number of likely N-dealkylation sites (tertiary alicyclic amines) is 1. The van der Waals surface area contributed by atoms with E-state index < -0.39 is 0 Å². The molecule has 0 aliphatic carbocycles. The second-order valence-corrected chi connectivity index (χ2v) is 3.61. The molecule has 1 radical (unpaired) electrons. The maximum atomic E-state index is 11.9. The van der Waals surface area contributed by atoms with Crippen LogP contribution in [0.1, 0.15) is 23.2 Å². The molecule has 3 heteroatoms. The van der Waals surface area contributed by atoms with Crippen LogP contribution in [0.15, 0.2) is 24.3 Å². The van der Waals surface area contributed by atoms with Crippen LogP contribution in [0.4, 0.5) is 0 Å². The van der Waals surface area contributed by atoms with Crippen molar-refractivity contribution in [2.24, 2.45) is 0 Å². The van der Waals surface area contributed by atoms with E-state index in [4.69, 9.17) is 0 Å². The molecule has 3 nitrogen and oxygen atoms in total. The second kappa shape index (κ2) is 4.26. The van der Waals surface area contributed by atoms with Crippen molar-refractivity contribution in [3.63, 3.8) is 0 Å². The first kappa shape index (κ1) is 9.90. The molecule has 15 heavy (non-hydrogen) atoms. The topological polar surface area (TPSA) is 37.4 Å². The lowest BCUT2D eigenvalue weighted by Gasteiger charge is -2.25. The van der Waals surface area contributed by atoms with E-state index in [9.17, 15) is 9.59 Å². The number of nitrogens with zero attached hydrogens (tertiary/aromatic N) is 1. The van der Waals surface area contributed by atoms with Gasteiger partial charge in [-0.2, -0.15) is 0 Å². The summed E-state index contributed by atoms with van der Waals surface area (Å²) in [6.07, 6.45) is 0.969. The van der Waals surface area contributed by atoms with Gasteiger partial charge in [0.15, 0.2) is 0 Å². The predicted molar refractivity (Wildman–Crippen MR) is 55.4 cm³/mol. The van der Waals surface area contributed by atoms with Gasteiger partial charge in [0.25, 0.3) is 5.91 Å². The quantitative estimate of drug-likeness (QED) is 0.688. The summed E-state index contributed by atoms with van der Waals surface area (Å²) >= 11 is 0. The van der Waals surface area contributed by atoms with E-state index >= 15 is 0 Å². The maximum Gasteiger partial charge on any atom is 0.254 e. The third kappa shape index (κ3) is 2.24. The van der Waals surface area contributed by atoms with Crippen molar-refractivity contribution >= 4 is 11.7 Å². The zero-order valence-electron chi connectivity index (χ0n) is 8.40. The van der Waals surface area contributed by atoms with Crippen molar-refractivity contribution in [1.29, 1.82) is 0 Å². The molecule has 77 valence electrons. The van der Waals surface area contributed by atoms with Gasteiger partial charge in [-0.1, -0.05) is 18.2 Å². The van der Waals surface area contributed by atoms with E-state index in [0.29, 0.717) is 31.5 Å². The molecule has 1 amide bonds. The van der Waals surface area contributed by atoms with Gasteiger partial charge < -0.3 is 4.90 Å². The number of carbonyl (C=O) groups excluding carboxylic acids is 2. The predicted octanol–water partition coefficient (Wildman–Crippen LogP) is 1.29. The average Bonchev–Trinajstić information content (AvgIpc) is 2.30. The van der Waals surface area contributed by atoms with Gasteiger partial charge in [-0.25, -0.2) is 0 Å². The molecule has 0 saturated carbocycles. The van der Waals surface area contributed by atoms with Crippen molar-refractivity contribution in [2.75, 3.05) is 13.1 Å². The molecule has 2 rings (SSSR count). The van der Waals surface area contributed by atoms with Crippen LogP contribution in [0.3, 0.4) is 0 Å². The summed E-state index contributed by atoms with van der Waals surface area (Å²) in [5, 5.41) is 0. The van der Waals surface area contributed by atoms with Crippen molar-refractivity contribution in [3.05, 3.63) is 35.9 Å². The van der Waals surface area contributed by atoms with Crippen LogP contribution in [-0.2, 0) is 4.79 Å². The van der Waals surface area contributed by atoms with Crippen molar-refractivity contribution in [3.8, 4) is 0 Å². The normalized spacial score (nSPS) is 16.5. The van der Waals surface area contributed by atoms with Crippen molar-refractivity contribution in [1.82, 2.24) is 4.90 Å². The fourth-order valence-electron chi connectivity index (χ4n) is 1.66. The summed E-state index contributed by atoms with van der Waals surface area (Å²) in [7, 11) is 0. The van der Waals surface area contributed by atoms with Gasteiger partial charge in [-0.15, -0.1) is 0 Å². The van der Waals surface area contributed by atoms with E-state index in [-0.39, 0.29) is 11.7 Å². The van der Waals surface area contributed by atoms with Crippen LogP contribution in [-0.4, -0.2) is 29.7 Å². The number of piperidine rings is 1. The van der Waals surface area contributed by atoms with Gasteiger partial charge in [0.05, 0.1) is 0 Å². The maximum absolute atomic E-state index is 11.9. The molecular formula is C12H12NO2. The van der Waals surface area contributed by atoms with Gasteiger partial charge in [-0.3, -0.25) is 9.59 Å².